The van der Waals surface area contributed by atoms with Crippen molar-refractivity contribution < 1.29 is 23.6 Å². The Morgan fingerprint density at radius 2 is 1.91 bits per heavy atom. The molecule has 0 radical (unpaired) electrons. The van der Waals surface area contributed by atoms with Gasteiger partial charge in [-0.1, -0.05) is 42.5 Å². The van der Waals surface area contributed by atoms with E-state index >= 15 is 0 Å². The van der Waals surface area contributed by atoms with Gasteiger partial charge in [-0.05, 0) is 53.5 Å². The van der Waals surface area contributed by atoms with Crippen molar-refractivity contribution in [1.82, 2.24) is 9.96 Å². The SMILES string of the molecule is COC(=O)C1CC(=O)N(OCc2ccc3ccccc3c2)C12CCN(C/C=C/c1ccco1)CC2. The summed E-state index contributed by atoms with van der Waals surface area (Å²) in [5, 5.41) is 3.78. The topological polar surface area (TPSA) is 72.2 Å². The molecule has 1 atom stereocenters. The summed E-state index contributed by atoms with van der Waals surface area (Å²) in [5.41, 5.74) is 0.288. The highest BCUT2D eigenvalue weighted by Gasteiger charge is 2.58. The molecule has 2 aliphatic heterocycles. The number of rotatable bonds is 7. The number of likely N-dealkylation sites (tertiary alicyclic amines) is 1. The van der Waals surface area contributed by atoms with Crippen LogP contribution in [0.5, 0.6) is 0 Å². The average molecular weight is 475 g/mol. The Kier molecular flexibility index (Phi) is 6.70. The van der Waals surface area contributed by atoms with Gasteiger partial charge in [-0.15, -0.1) is 0 Å². The second kappa shape index (κ2) is 10.1. The predicted molar refractivity (Wildman–Crippen MR) is 132 cm³/mol. The first-order valence-corrected chi connectivity index (χ1v) is 12.0. The molecule has 0 saturated carbocycles. The molecule has 35 heavy (non-hydrogen) atoms. The summed E-state index contributed by atoms with van der Waals surface area (Å²) in [6.07, 6.45) is 7.08. The number of hydroxylamine groups is 2. The summed E-state index contributed by atoms with van der Waals surface area (Å²) in [6.45, 7) is 2.53. The van der Waals surface area contributed by atoms with Crippen LogP contribution >= 0.6 is 0 Å². The van der Waals surface area contributed by atoms with Gasteiger partial charge in [-0.3, -0.25) is 19.3 Å². The molecule has 3 heterocycles. The van der Waals surface area contributed by atoms with Crippen LogP contribution in [0.1, 0.15) is 30.6 Å². The zero-order valence-electron chi connectivity index (χ0n) is 19.9. The van der Waals surface area contributed by atoms with Gasteiger partial charge in [0.05, 0.1) is 24.8 Å². The third-order valence-electron chi connectivity index (χ3n) is 7.23. The van der Waals surface area contributed by atoms with E-state index in [-0.39, 0.29) is 24.9 Å². The highest BCUT2D eigenvalue weighted by Crippen LogP contribution is 2.44. The van der Waals surface area contributed by atoms with Crippen LogP contribution in [0.25, 0.3) is 16.8 Å². The second-order valence-corrected chi connectivity index (χ2v) is 9.24. The number of carbonyl (C=O) groups excluding carboxylic acids is 2. The Labute approximate surface area is 204 Å². The number of fused-ring (bicyclic) bond motifs is 1. The highest BCUT2D eigenvalue weighted by atomic mass is 16.7. The van der Waals surface area contributed by atoms with E-state index in [9.17, 15) is 9.59 Å². The van der Waals surface area contributed by atoms with Gasteiger partial charge >= 0.3 is 5.97 Å². The Morgan fingerprint density at radius 3 is 2.66 bits per heavy atom. The molecule has 3 aromatic rings. The van der Waals surface area contributed by atoms with Crippen LogP contribution in [-0.2, 0) is 25.8 Å². The van der Waals surface area contributed by atoms with Crippen molar-refractivity contribution in [3.05, 3.63) is 78.3 Å². The van der Waals surface area contributed by atoms with Gasteiger partial charge in [0.25, 0.3) is 0 Å². The van der Waals surface area contributed by atoms with E-state index in [1.807, 2.05) is 36.4 Å². The van der Waals surface area contributed by atoms with E-state index in [4.69, 9.17) is 14.0 Å². The third-order valence-corrected chi connectivity index (χ3v) is 7.23. The molecule has 2 fully saturated rings. The Morgan fingerprint density at radius 1 is 1.11 bits per heavy atom. The second-order valence-electron chi connectivity index (χ2n) is 9.24. The Hall–Kier alpha value is -3.42. The number of carbonyl (C=O) groups is 2. The molecule has 1 amide bonds. The zero-order valence-corrected chi connectivity index (χ0v) is 19.9. The van der Waals surface area contributed by atoms with Gasteiger partial charge in [-0.2, -0.15) is 0 Å². The maximum absolute atomic E-state index is 13.1. The number of esters is 1. The lowest BCUT2D eigenvalue weighted by Gasteiger charge is -2.45. The van der Waals surface area contributed by atoms with Crippen molar-refractivity contribution in [3.63, 3.8) is 0 Å². The first-order chi connectivity index (χ1) is 17.1. The number of ether oxygens (including phenoxy) is 1. The standard InChI is InChI=1S/C28H30N2O5/c1-33-27(32)25-19-26(31)30(35-20-21-10-11-22-6-2-3-7-23(22)18-21)28(25)12-15-29(16-13-28)14-4-8-24-9-5-17-34-24/h2-11,17-18,25H,12-16,19-20H2,1H3/b8-4+. The highest BCUT2D eigenvalue weighted by molar-refractivity contribution is 5.88. The molecule has 5 rings (SSSR count). The number of nitrogens with zero attached hydrogens (tertiary/aromatic N) is 2. The summed E-state index contributed by atoms with van der Waals surface area (Å²) in [6, 6.07) is 18.1. The maximum Gasteiger partial charge on any atom is 0.311 e. The van der Waals surface area contributed by atoms with Crippen LogP contribution in [0, 0.1) is 5.92 Å². The molecule has 7 heteroatoms. The van der Waals surface area contributed by atoms with Gasteiger partial charge in [0.2, 0.25) is 5.91 Å². The molecule has 0 aliphatic carbocycles. The number of benzene rings is 2. The van der Waals surface area contributed by atoms with Crippen molar-refractivity contribution >= 4 is 28.7 Å². The van der Waals surface area contributed by atoms with Crippen molar-refractivity contribution in [1.29, 1.82) is 0 Å². The van der Waals surface area contributed by atoms with Gasteiger partial charge < -0.3 is 9.15 Å². The van der Waals surface area contributed by atoms with Crippen molar-refractivity contribution in [3.8, 4) is 0 Å². The van der Waals surface area contributed by atoms with Crippen LogP contribution in [0.2, 0.25) is 0 Å². The van der Waals surface area contributed by atoms with Crippen LogP contribution in [0.15, 0.2) is 71.4 Å². The summed E-state index contributed by atoms with van der Waals surface area (Å²) >= 11 is 0. The van der Waals surface area contributed by atoms with E-state index in [1.54, 1.807) is 6.26 Å². The van der Waals surface area contributed by atoms with Crippen LogP contribution in [0.4, 0.5) is 0 Å². The number of hydrogen-bond donors (Lipinski definition) is 0. The number of piperidine rings is 1. The minimum absolute atomic E-state index is 0.114. The number of hydrogen-bond acceptors (Lipinski definition) is 6. The van der Waals surface area contributed by atoms with Crippen LogP contribution in [-0.4, -0.2) is 54.1 Å². The van der Waals surface area contributed by atoms with Crippen LogP contribution in [0.3, 0.4) is 0 Å². The predicted octanol–water partition coefficient (Wildman–Crippen LogP) is 4.43. The largest absolute Gasteiger partial charge is 0.469 e. The molecule has 2 aliphatic rings. The van der Waals surface area contributed by atoms with Crippen molar-refractivity contribution in [2.45, 2.75) is 31.4 Å². The molecule has 2 aromatic carbocycles. The number of amides is 1. The molecular formula is C28H30N2O5. The molecule has 2 saturated heterocycles. The molecule has 0 N–H and O–H groups in total. The van der Waals surface area contributed by atoms with E-state index in [1.165, 1.54) is 12.2 Å². The maximum atomic E-state index is 13.1. The van der Waals surface area contributed by atoms with Crippen LogP contribution < -0.4 is 0 Å². The Bertz CT molecular complexity index is 1210. The van der Waals surface area contributed by atoms with Gasteiger partial charge in [0.1, 0.15) is 12.4 Å². The Balaban J connectivity index is 1.29. The lowest BCUT2D eigenvalue weighted by Crippen LogP contribution is -2.57. The van der Waals surface area contributed by atoms with E-state index in [0.717, 1.165) is 41.7 Å². The number of furan rings is 1. The summed E-state index contributed by atoms with van der Waals surface area (Å²) in [5.74, 6) is -0.218. The zero-order chi connectivity index (χ0) is 24.3. The van der Waals surface area contributed by atoms with Gasteiger partial charge in [-0.25, -0.2) is 5.06 Å². The summed E-state index contributed by atoms with van der Waals surface area (Å²) in [4.78, 5) is 34.2. The average Bonchev–Trinajstić information content (AvgIpc) is 3.50. The third kappa shape index (κ3) is 4.74. The lowest BCUT2D eigenvalue weighted by molar-refractivity contribution is -0.229. The van der Waals surface area contributed by atoms with E-state index in [2.05, 4.69) is 35.2 Å². The monoisotopic (exact) mass is 474 g/mol. The molecule has 0 bridgehead atoms. The first kappa shape index (κ1) is 23.3. The molecule has 1 unspecified atom stereocenters. The molecule has 1 aromatic heterocycles. The first-order valence-electron chi connectivity index (χ1n) is 12.0. The normalized spacial score (nSPS) is 20.3. The van der Waals surface area contributed by atoms with Gasteiger partial charge in [0, 0.05) is 26.1 Å². The molecule has 7 nitrogen and oxygen atoms in total. The lowest BCUT2D eigenvalue weighted by atomic mass is 9.77. The fourth-order valence-corrected chi connectivity index (χ4v) is 5.33. The van der Waals surface area contributed by atoms with Gasteiger partial charge in [0.15, 0.2) is 0 Å². The fraction of sp³-hybridized carbons (Fsp3) is 0.357. The summed E-state index contributed by atoms with van der Waals surface area (Å²) in [7, 11) is 1.38. The smallest absolute Gasteiger partial charge is 0.311 e. The minimum atomic E-state index is -0.692. The fourth-order valence-electron chi connectivity index (χ4n) is 5.33. The summed E-state index contributed by atoms with van der Waals surface area (Å²) < 4.78 is 10.4. The van der Waals surface area contributed by atoms with Crippen molar-refractivity contribution in [2.24, 2.45) is 5.92 Å². The minimum Gasteiger partial charge on any atom is -0.469 e. The quantitative estimate of drug-likeness (QED) is 0.472. The van der Waals surface area contributed by atoms with Crippen molar-refractivity contribution in [2.75, 3.05) is 26.7 Å². The molecular weight excluding hydrogens is 444 g/mol. The van der Waals surface area contributed by atoms with E-state index < -0.39 is 11.5 Å². The molecule has 182 valence electrons. The van der Waals surface area contributed by atoms with E-state index in [0.29, 0.717) is 12.8 Å². The number of methoxy groups -OCH3 is 1. The molecule has 1 spiro atoms.